The summed E-state index contributed by atoms with van der Waals surface area (Å²) in [6.45, 7) is 8.31. The van der Waals surface area contributed by atoms with Crippen LogP contribution in [0.5, 0.6) is 0 Å². The van der Waals surface area contributed by atoms with Crippen molar-refractivity contribution in [2.24, 2.45) is 0 Å². The maximum Gasteiger partial charge on any atom is 0.178 e. The number of rotatable bonds is 2. The molecule has 0 rings (SSSR count). The van der Waals surface area contributed by atoms with Gasteiger partial charge in [-0.15, -0.1) is 10.9 Å². The quantitative estimate of drug-likeness (QED) is 0.492. The van der Waals surface area contributed by atoms with Crippen molar-refractivity contribution in [2.45, 2.75) is 27.7 Å². The minimum atomic E-state index is 1.32. The summed E-state index contributed by atoms with van der Waals surface area (Å²) in [7, 11) is 2.17. The van der Waals surface area contributed by atoms with Gasteiger partial charge in [-0.05, 0) is 13.8 Å². The smallest absolute Gasteiger partial charge is 0.110 e. The van der Waals surface area contributed by atoms with Crippen LogP contribution < -0.4 is 0 Å². The Kier molecular flexibility index (Phi) is 4.20. The van der Waals surface area contributed by atoms with Crippen LogP contribution in [0, 0.1) is 0 Å². The molecule has 0 aliphatic rings. The fraction of sp³-hybridized carbons (Fsp3) is 0.500. The standard InChI is InChI=1S/C8H14B/c1-5-7(3)9-8(4)6-2/h5-6H,1-4H3/b7-5-,8-6-. The summed E-state index contributed by atoms with van der Waals surface area (Å²) in [5.41, 5.74) is 2.65. The predicted octanol–water partition coefficient (Wildman–Crippen LogP) is 2.54. The van der Waals surface area contributed by atoms with Crippen LogP contribution in [-0.2, 0) is 0 Å². The molecule has 1 heteroatoms. The molecule has 0 nitrogen and oxygen atoms in total. The molecule has 0 N–H and O–H groups in total. The summed E-state index contributed by atoms with van der Waals surface area (Å²) in [5, 5.41) is 0. The summed E-state index contributed by atoms with van der Waals surface area (Å²) in [5.74, 6) is 0. The molecule has 9 heavy (non-hydrogen) atoms. The van der Waals surface area contributed by atoms with E-state index in [1.165, 1.54) is 10.9 Å². The van der Waals surface area contributed by atoms with Crippen LogP contribution >= 0.6 is 0 Å². The first-order valence-electron chi connectivity index (χ1n) is 3.31. The molecule has 0 amide bonds. The Morgan fingerprint density at radius 3 is 1.56 bits per heavy atom. The van der Waals surface area contributed by atoms with E-state index in [0.29, 0.717) is 0 Å². The molecule has 0 aliphatic heterocycles. The summed E-state index contributed by atoms with van der Waals surface area (Å²) >= 11 is 0. The van der Waals surface area contributed by atoms with Gasteiger partial charge in [-0.3, -0.25) is 0 Å². The van der Waals surface area contributed by atoms with Crippen molar-refractivity contribution in [1.82, 2.24) is 0 Å². The van der Waals surface area contributed by atoms with Crippen molar-refractivity contribution in [2.75, 3.05) is 0 Å². The molecule has 0 fully saturated rings. The fourth-order valence-electron chi connectivity index (χ4n) is 0.526. The van der Waals surface area contributed by atoms with E-state index in [1.807, 2.05) is 0 Å². The molecule has 0 saturated carbocycles. The molecule has 0 aromatic rings. The van der Waals surface area contributed by atoms with Crippen molar-refractivity contribution in [1.29, 1.82) is 0 Å². The third-order valence-corrected chi connectivity index (χ3v) is 1.37. The summed E-state index contributed by atoms with van der Waals surface area (Å²) < 4.78 is 0. The highest BCUT2D eigenvalue weighted by Gasteiger charge is 1.90. The monoisotopic (exact) mass is 121 g/mol. The molecule has 1 radical (unpaired) electrons. The average molecular weight is 121 g/mol. The summed E-state index contributed by atoms with van der Waals surface area (Å²) in [6, 6.07) is 0. The average Bonchev–Trinajstić information content (AvgIpc) is 1.87. The second-order valence-electron chi connectivity index (χ2n) is 2.21. The third kappa shape index (κ3) is 4.08. The molecule has 49 valence electrons. The van der Waals surface area contributed by atoms with Gasteiger partial charge in [-0.1, -0.05) is 26.0 Å². The van der Waals surface area contributed by atoms with E-state index in [0.717, 1.165) is 0 Å². The van der Waals surface area contributed by atoms with Gasteiger partial charge in [-0.25, -0.2) is 0 Å². The summed E-state index contributed by atoms with van der Waals surface area (Å²) in [6.07, 6.45) is 4.21. The second-order valence-corrected chi connectivity index (χ2v) is 2.21. The lowest BCUT2D eigenvalue weighted by Crippen LogP contribution is -1.93. The summed E-state index contributed by atoms with van der Waals surface area (Å²) in [4.78, 5) is 0. The molecular formula is C8H14B. The Labute approximate surface area is 58.9 Å². The Morgan fingerprint density at radius 2 is 1.33 bits per heavy atom. The Hall–Kier alpha value is -0.455. The second kappa shape index (κ2) is 4.43. The van der Waals surface area contributed by atoms with Crippen LogP contribution in [0.25, 0.3) is 0 Å². The number of hydrogen-bond acceptors (Lipinski definition) is 0. The molecule has 0 heterocycles. The Morgan fingerprint density at radius 1 is 1.00 bits per heavy atom. The number of allylic oxidation sites excluding steroid dienone is 4. The van der Waals surface area contributed by atoms with Crippen molar-refractivity contribution in [3.63, 3.8) is 0 Å². The Balaban J connectivity index is 3.75. The van der Waals surface area contributed by atoms with Gasteiger partial charge in [0.2, 0.25) is 0 Å². The zero-order chi connectivity index (χ0) is 7.28. The Bertz CT molecular complexity index is 116. The molecule has 0 aromatic carbocycles. The molecule has 0 aliphatic carbocycles. The van der Waals surface area contributed by atoms with Gasteiger partial charge in [0, 0.05) is 0 Å². The van der Waals surface area contributed by atoms with Crippen molar-refractivity contribution < 1.29 is 0 Å². The molecular weight excluding hydrogens is 107 g/mol. The van der Waals surface area contributed by atoms with Crippen LogP contribution in [0.15, 0.2) is 23.1 Å². The van der Waals surface area contributed by atoms with Crippen LogP contribution in [0.3, 0.4) is 0 Å². The van der Waals surface area contributed by atoms with E-state index >= 15 is 0 Å². The lowest BCUT2D eigenvalue weighted by molar-refractivity contribution is 1.52. The van der Waals surface area contributed by atoms with Crippen molar-refractivity contribution >= 4 is 7.28 Å². The topological polar surface area (TPSA) is 0 Å². The molecule has 0 spiro atoms. The van der Waals surface area contributed by atoms with Crippen molar-refractivity contribution in [3.05, 3.63) is 23.1 Å². The lowest BCUT2D eigenvalue weighted by atomic mass is 9.64. The fourth-order valence-corrected chi connectivity index (χ4v) is 0.526. The van der Waals surface area contributed by atoms with Gasteiger partial charge < -0.3 is 0 Å². The molecule has 0 atom stereocenters. The third-order valence-electron chi connectivity index (χ3n) is 1.37. The maximum atomic E-state index is 2.17. The van der Waals surface area contributed by atoms with E-state index in [-0.39, 0.29) is 0 Å². The first-order chi connectivity index (χ1) is 4.20. The van der Waals surface area contributed by atoms with E-state index in [9.17, 15) is 0 Å². The van der Waals surface area contributed by atoms with E-state index in [4.69, 9.17) is 0 Å². The largest absolute Gasteiger partial charge is 0.178 e. The molecule has 0 saturated heterocycles. The van der Waals surface area contributed by atoms with Gasteiger partial charge in [-0.2, -0.15) is 0 Å². The molecule has 0 bridgehead atoms. The molecule has 0 unspecified atom stereocenters. The first kappa shape index (κ1) is 8.54. The zero-order valence-corrected chi connectivity index (χ0v) is 6.73. The molecule has 0 aromatic heterocycles. The van der Waals surface area contributed by atoms with Crippen molar-refractivity contribution in [3.8, 4) is 0 Å². The predicted molar refractivity (Wildman–Crippen MR) is 44.6 cm³/mol. The van der Waals surface area contributed by atoms with Crippen LogP contribution in [-0.4, -0.2) is 7.28 Å². The van der Waals surface area contributed by atoms with Gasteiger partial charge in [0.1, 0.15) is 0 Å². The highest BCUT2D eigenvalue weighted by molar-refractivity contribution is 6.53. The minimum Gasteiger partial charge on any atom is -0.110 e. The van der Waals surface area contributed by atoms with Gasteiger partial charge >= 0.3 is 0 Å². The number of hydrogen-bond donors (Lipinski definition) is 0. The SMILES string of the molecule is C/C=C(/C)[B]/C(C)=C\C. The van der Waals surface area contributed by atoms with Crippen LogP contribution in [0.1, 0.15) is 27.7 Å². The first-order valence-corrected chi connectivity index (χ1v) is 3.31. The van der Waals surface area contributed by atoms with Gasteiger partial charge in [0.15, 0.2) is 7.28 Å². The van der Waals surface area contributed by atoms with Crippen LogP contribution in [0.2, 0.25) is 0 Å². The normalized spacial score (nSPS) is 13.8. The highest BCUT2D eigenvalue weighted by Crippen LogP contribution is 1.96. The lowest BCUT2D eigenvalue weighted by Gasteiger charge is -1.95. The maximum absolute atomic E-state index is 2.17. The van der Waals surface area contributed by atoms with Gasteiger partial charge in [0.25, 0.3) is 0 Å². The van der Waals surface area contributed by atoms with Gasteiger partial charge in [0.05, 0.1) is 0 Å². The van der Waals surface area contributed by atoms with E-state index in [2.05, 4.69) is 47.1 Å². The van der Waals surface area contributed by atoms with E-state index in [1.54, 1.807) is 0 Å². The minimum absolute atomic E-state index is 1.32. The van der Waals surface area contributed by atoms with Crippen LogP contribution in [0.4, 0.5) is 0 Å². The van der Waals surface area contributed by atoms with E-state index < -0.39 is 0 Å². The highest BCUT2D eigenvalue weighted by atomic mass is 13.7. The zero-order valence-electron chi connectivity index (χ0n) is 6.73.